The predicted octanol–water partition coefficient (Wildman–Crippen LogP) is 1.54. The molecule has 8 heteroatoms. The number of carbonyl (C=O) groups is 1. The van der Waals surface area contributed by atoms with Gasteiger partial charge in [-0.15, -0.1) is 0 Å². The van der Waals surface area contributed by atoms with Crippen molar-refractivity contribution in [2.75, 3.05) is 5.32 Å². The van der Waals surface area contributed by atoms with Gasteiger partial charge in [0.15, 0.2) is 17.3 Å². The summed E-state index contributed by atoms with van der Waals surface area (Å²) in [6, 6.07) is 3.85. The molecule has 2 aromatic heterocycles. The number of aromatic nitrogens is 1. The standard InChI is InChI=1S/C10H7N3O5/c14-7-4-6(13(16)17)5-11-9(7)12-10(15)8-2-1-3-18-8/h1-5,14H,(H,11,12,15). The molecule has 0 unspecified atom stereocenters. The van der Waals surface area contributed by atoms with Gasteiger partial charge in [0.05, 0.1) is 17.3 Å². The zero-order chi connectivity index (χ0) is 13.1. The van der Waals surface area contributed by atoms with Crippen LogP contribution in [0.1, 0.15) is 10.6 Å². The number of nitrogens with zero attached hydrogens (tertiary/aromatic N) is 2. The third kappa shape index (κ3) is 2.26. The maximum atomic E-state index is 11.6. The van der Waals surface area contributed by atoms with Gasteiger partial charge in [-0.25, -0.2) is 4.98 Å². The number of pyridine rings is 1. The van der Waals surface area contributed by atoms with Crippen molar-refractivity contribution in [1.29, 1.82) is 0 Å². The molecule has 92 valence electrons. The van der Waals surface area contributed by atoms with Crippen LogP contribution in [0.4, 0.5) is 11.5 Å². The van der Waals surface area contributed by atoms with Crippen molar-refractivity contribution in [3.8, 4) is 5.75 Å². The van der Waals surface area contributed by atoms with Crippen LogP contribution in [-0.4, -0.2) is 20.9 Å². The molecule has 2 rings (SSSR count). The highest BCUT2D eigenvalue weighted by Gasteiger charge is 2.15. The maximum absolute atomic E-state index is 11.6. The van der Waals surface area contributed by atoms with E-state index in [-0.39, 0.29) is 17.3 Å². The Morgan fingerprint density at radius 3 is 2.89 bits per heavy atom. The van der Waals surface area contributed by atoms with Gasteiger partial charge < -0.3 is 14.8 Å². The van der Waals surface area contributed by atoms with Crippen LogP contribution in [0.15, 0.2) is 35.1 Å². The van der Waals surface area contributed by atoms with Crippen LogP contribution >= 0.6 is 0 Å². The van der Waals surface area contributed by atoms with E-state index in [1.807, 2.05) is 0 Å². The van der Waals surface area contributed by atoms with Crippen LogP contribution in [0.2, 0.25) is 0 Å². The van der Waals surface area contributed by atoms with Gasteiger partial charge in [-0.2, -0.15) is 0 Å². The first-order valence-electron chi connectivity index (χ1n) is 4.76. The Bertz CT molecular complexity index is 594. The molecule has 0 radical (unpaired) electrons. The van der Waals surface area contributed by atoms with Crippen LogP contribution in [0.25, 0.3) is 0 Å². The van der Waals surface area contributed by atoms with E-state index in [0.717, 1.165) is 12.3 Å². The van der Waals surface area contributed by atoms with Crippen LogP contribution in [0.5, 0.6) is 5.75 Å². The minimum atomic E-state index is -0.704. The Labute approximate surface area is 100 Å². The van der Waals surface area contributed by atoms with E-state index in [0.29, 0.717) is 0 Å². The lowest BCUT2D eigenvalue weighted by Crippen LogP contribution is -2.12. The quantitative estimate of drug-likeness (QED) is 0.629. The number of carbonyl (C=O) groups excluding carboxylic acids is 1. The van der Waals surface area contributed by atoms with Crippen LogP contribution in [0.3, 0.4) is 0 Å². The molecule has 0 atom stereocenters. The number of hydrogen-bond acceptors (Lipinski definition) is 6. The lowest BCUT2D eigenvalue weighted by atomic mass is 10.3. The summed E-state index contributed by atoms with van der Waals surface area (Å²) in [7, 11) is 0. The number of rotatable bonds is 3. The van der Waals surface area contributed by atoms with E-state index in [4.69, 9.17) is 4.42 Å². The average molecular weight is 249 g/mol. The molecular weight excluding hydrogens is 242 g/mol. The molecule has 0 aliphatic heterocycles. The topological polar surface area (TPSA) is 118 Å². The van der Waals surface area contributed by atoms with Crippen molar-refractivity contribution >= 4 is 17.4 Å². The lowest BCUT2D eigenvalue weighted by Gasteiger charge is -2.03. The zero-order valence-corrected chi connectivity index (χ0v) is 8.86. The van der Waals surface area contributed by atoms with Crippen LogP contribution in [-0.2, 0) is 0 Å². The Balaban J connectivity index is 2.20. The van der Waals surface area contributed by atoms with Gasteiger partial charge in [0.2, 0.25) is 0 Å². The largest absolute Gasteiger partial charge is 0.504 e. The van der Waals surface area contributed by atoms with Gasteiger partial charge in [-0.1, -0.05) is 0 Å². The van der Waals surface area contributed by atoms with Crippen molar-refractivity contribution in [2.45, 2.75) is 0 Å². The second-order valence-electron chi connectivity index (χ2n) is 3.25. The molecule has 2 N–H and O–H groups in total. The third-order valence-corrected chi connectivity index (χ3v) is 2.04. The summed E-state index contributed by atoms with van der Waals surface area (Å²) in [4.78, 5) is 24.9. The first kappa shape index (κ1) is 11.6. The molecule has 0 aliphatic rings. The number of anilines is 1. The lowest BCUT2D eigenvalue weighted by molar-refractivity contribution is -0.385. The molecule has 1 amide bonds. The Kier molecular flexibility index (Phi) is 2.92. The van der Waals surface area contributed by atoms with Gasteiger partial charge in [0.1, 0.15) is 6.20 Å². The highest BCUT2D eigenvalue weighted by molar-refractivity contribution is 6.02. The third-order valence-electron chi connectivity index (χ3n) is 2.04. The summed E-state index contributed by atoms with van der Waals surface area (Å²) in [5, 5.41) is 22.2. The molecule has 2 heterocycles. The van der Waals surface area contributed by atoms with E-state index < -0.39 is 16.6 Å². The summed E-state index contributed by atoms with van der Waals surface area (Å²) in [6.45, 7) is 0. The molecule has 0 aromatic carbocycles. The molecule has 0 bridgehead atoms. The van der Waals surface area contributed by atoms with Crippen molar-refractivity contribution in [2.24, 2.45) is 0 Å². The molecule has 0 saturated heterocycles. The monoisotopic (exact) mass is 249 g/mol. The first-order valence-corrected chi connectivity index (χ1v) is 4.76. The van der Waals surface area contributed by atoms with Crippen LogP contribution in [0, 0.1) is 10.1 Å². The predicted molar refractivity (Wildman–Crippen MR) is 59.2 cm³/mol. The molecule has 18 heavy (non-hydrogen) atoms. The highest BCUT2D eigenvalue weighted by Crippen LogP contribution is 2.25. The van der Waals surface area contributed by atoms with E-state index in [1.54, 1.807) is 0 Å². The van der Waals surface area contributed by atoms with Gasteiger partial charge in [-0.05, 0) is 12.1 Å². The smallest absolute Gasteiger partial charge is 0.292 e. The second kappa shape index (κ2) is 4.53. The first-order chi connectivity index (χ1) is 8.58. The zero-order valence-electron chi connectivity index (χ0n) is 8.86. The summed E-state index contributed by atoms with van der Waals surface area (Å²) < 4.78 is 4.84. The van der Waals surface area contributed by atoms with E-state index in [1.165, 1.54) is 18.4 Å². The van der Waals surface area contributed by atoms with Crippen molar-refractivity contribution in [3.63, 3.8) is 0 Å². The van der Waals surface area contributed by atoms with E-state index >= 15 is 0 Å². The maximum Gasteiger partial charge on any atom is 0.292 e. The Morgan fingerprint density at radius 1 is 1.56 bits per heavy atom. The van der Waals surface area contributed by atoms with Gasteiger partial charge in [-0.3, -0.25) is 14.9 Å². The number of amides is 1. The molecular formula is C10H7N3O5. The fourth-order valence-electron chi connectivity index (χ4n) is 1.22. The summed E-state index contributed by atoms with van der Waals surface area (Å²) in [5.41, 5.74) is -0.372. The molecule has 0 spiro atoms. The van der Waals surface area contributed by atoms with Crippen molar-refractivity contribution < 1.29 is 19.2 Å². The Morgan fingerprint density at radius 2 is 2.33 bits per heavy atom. The number of furan rings is 1. The van der Waals surface area contributed by atoms with Crippen molar-refractivity contribution in [1.82, 2.24) is 4.98 Å². The van der Waals surface area contributed by atoms with Gasteiger partial charge in [0.25, 0.3) is 11.6 Å². The van der Waals surface area contributed by atoms with Gasteiger partial charge in [0, 0.05) is 0 Å². The van der Waals surface area contributed by atoms with Crippen molar-refractivity contribution in [3.05, 3.63) is 46.5 Å². The summed E-state index contributed by atoms with van der Waals surface area (Å²) >= 11 is 0. The highest BCUT2D eigenvalue weighted by atomic mass is 16.6. The normalized spacial score (nSPS) is 10.0. The Hall–Kier alpha value is -2.90. The van der Waals surface area contributed by atoms with E-state index in [2.05, 4.69) is 10.3 Å². The van der Waals surface area contributed by atoms with E-state index in [9.17, 15) is 20.0 Å². The fourth-order valence-corrected chi connectivity index (χ4v) is 1.22. The minimum Gasteiger partial charge on any atom is -0.504 e. The second-order valence-corrected chi connectivity index (χ2v) is 3.25. The SMILES string of the molecule is O=C(Nc1ncc([N+](=O)[O-])cc1O)c1ccco1. The van der Waals surface area contributed by atoms with Gasteiger partial charge >= 0.3 is 0 Å². The molecule has 8 nitrogen and oxygen atoms in total. The fraction of sp³-hybridized carbons (Fsp3) is 0. The average Bonchev–Trinajstić information content (AvgIpc) is 2.85. The molecule has 0 saturated carbocycles. The van der Waals surface area contributed by atoms with Crippen LogP contribution < -0.4 is 5.32 Å². The molecule has 0 fully saturated rings. The number of hydrogen-bond donors (Lipinski definition) is 2. The molecule has 0 aliphatic carbocycles. The number of nitrogens with one attached hydrogen (secondary N) is 1. The summed E-state index contributed by atoms with van der Waals surface area (Å²) in [5.74, 6) is -1.25. The number of nitro groups is 1. The summed E-state index contributed by atoms with van der Waals surface area (Å²) in [6.07, 6.45) is 2.25. The molecule has 2 aromatic rings. The minimum absolute atomic E-state index is 0.0366. The number of aromatic hydroxyl groups is 1.